The first-order valence-corrected chi connectivity index (χ1v) is 8.70. The van der Waals surface area contributed by atoms with Gasteiger partial charge >= 0.3 is 6.03 Å². The summed E-state index contributed by atoms with van der Waals surface area (Å²) in [5.74, 6) is 0.932. The number of carbonyl (C=O) groups excluding carboxylic acids is 2. The van der Waals surface area contributed by atoms with Gasteiger partial charge in [-0.15, -0.1) is 10.2 Å². The number of carbonyl (C=O) groups is 2. The number of likely N-dealkylation sites (tertiary alicyclic amines) is 1. The Morgan fingerprint density at radius 3 is 2.73 bits per heavy atom. The van der Waals surface area contributed by atoms with E-state index in [1.54, 1.807) is 18.6 Å². The van der Waals surface area contributed by atoms with E-state index in [-0.39, 0.29) is 24.4 Å². The lowest BCUT2D eigenvalue weighted by molar-refractivity contribution is -0.121. The average molecular weight is 361 g/mol. The van der Waals surface area contributed by atoms with Crippen LogP contribution in [-0.2, 0) is 4.79 Å². The molecule has 0 bridgehead atoms. The highest BCUT2D eigenvalue weighted by Crippen LogP contribution is 2.29. The van der Waals surface area contributed by atoms with Gasteiger partial charge in [-0.3, -0.25) is 15.0 Å². The molecule has 9 heteroatoms. The fraction of sp³-hybridized carbons (Fsp3) is 0.529. The SMILES string of the molecule is CC(C)NC(=O)NC(=O)CN1CCC(c2nnc(-c3ccoc3)o2)CC1. The van der Waals surface area contributed by atoms with E-state index in [4.69, 9.17) is 8.83 Å². The Hall–Kier alpha value is -2.68. The predicted molar refractivity (Wildman–Crippen MR) is 92.2 cm³/mol. The van der Waals surface area contributed by atoms with Gasteiger partial charge in [0.1, 0.15) is 6.26 Å². The van der Waals surface area contributed by atoms with Crippen molar-refractivity contribution in [2.75, 3.05) is 19.6 Å². The minimum absolute atomic E-state index is 0.0140. The number of imide groups is 1. The van der Waals surface area contributed by atoms with Gasteiger partial charge in [0.2, 0.25) is 11.8 Å². The fourth-order valence-corrected chi connectivity index (χ4v) is 2.91. The van der Waals surface area contributed by atoms with Crippen LogP contribution < -0.4 is 10.6 Å². The number of aromatic nitrogens is 2. The summed E-state index contributed by atoms with van der Waals surface area (Å²) < 4.78 is 10.8. The molecular weight excluding hydrogens is 338 g/mol. The van der Waals surface area contributed by atoms with Crippen molar-refractivity contribution in [2.45, 2.75) is 38.6 Å². The van der Waals surface area contributed by atoms with Crippen LogP contribution in [0.15, 0.2) is 27.4 Å². The maximum atomic E-state index is 11.9. The summed E-state index contributed by atoms with van der Waals surface area (Å²) in [6.07, 6.45) is 4.76. The largest absolute Gasteiger partial charge is 0.472 e. The van der Waals surface area contributed by atoms with E-state index in [0.29, 0.717) is 11.8 Å². The number of urea groups is 1. The molecule has 1 aliphatic rings. The molecule has 3 rings (SSSR count). The lowest BCUT2D eigenvalue weighted by atomic mass is 9.97. The molecule has 0 saturated carbocycles. The van der Waals surface area contributed by atoms with Crippen LogP contribution in [0.3, 0.4) is 0 Å². The molecule has 9 nitrogen and oxygen atoms in total. The third kappa shape index (κ3) is 4.69. The Kier molecular flexibility index (Phi) is 5.67. The van der Waals surface area contributed by atoms with Crippen molar-refractivity contribution in [3.63, 3.8) is 0 Å². The second-order valence-corrected chi connectivity index (χ2v) is 6.68. The van der Waals surface area contributed by atoms with Crippen LogP contribution in [0, 0.1) is 0 Å². The second-order valence-electron chi connectivity index (χ2n) is 6.68. The molecule has 0 aromatic carbocycles. The molecule has 0 spiro atoms. The minimum Gasteiger partial charge on any atom is -0.472 e. The molecule has 0 aliphatic carbocycles. The third-order valence-electron chi connectivity index (χ3n) is 4.19. The van der Waals surface area contributed by atoms with Crippen molar-refractivity contribution < 1.29 is 18.4 Å². The summed E-state index contributed by atoms with van der Waals surface area (Å²) >= 11 is 0. The highest BCUT2D eigenvalue weighted by molar-refractivity contribution is 5.95. The monoisotopic (exact) mass is 361 g/mol. The number of rotatable bonds is 5. The van der Waals surface area contributed by atoms with Crippen LogP contribution in [0.5, 0.6) is 0 Å². The first-order valence-electron chi connectivity index (χ1n) is 8.70. The molecule has 2 aromatic rings. The molecule has 2 aromatic heterocycles. The first-order chi connectivity index (χ1) is 12.5. The molecule has 26 heavy (non-hydrogen) atoms. The van der Waals surface area contributed by atoms with Gasteiger partial charge in [-0.05, 0) is 45.8 Å². The molecule has 1 aliphatic heterocycles. The summed E-state index contributed by atoms with van der Waals surface area (Å²) in [5.41, 5.74) is 0.762. The summed E-state index contributed by atoms with van der Waals surface area (Å²) in [7, 11) is 0. The van der Waals surface area contributed by atoms with E-state index in [1.807, 2.05) is 18.7 Å². The number of hydrogen-bond acceptors (Lipinski definition) is 7. The Labute approximate surface area is 151 Å². The van der Waals surface area contributed by atoms with E-state index >= 15 is 0 Å². The number of nitrogens with zero attached hydrogens (tertiary/aromatic N) is 3. The topological polar surface area (TPSA) is 114 Å². The zero-order chi connectivity index (χ0) is 18.5. The van der Waals surface area contributed by atoms with Crippen molar-refractivity contribution in [1.29, 1.82) is 0 Å². The van der Waals surface area contributed by atoms with Gasteiger partial charge < -0.3 is 14.2 Å². The molecule has 3 amide bonds. The van der Waals surface area contributed by atoms with E-state index in [0.717, 1.165) is 31.5 Å². The van der Waals surface area contributed by atoms with Crippen molar-refractivity contribution in [2.24, 2.45) is 0 Å². The standard InChI is InChI=1S/C17H23N5O4/c1-11(2)18-17(24)19-14(23)9-22-6-3-12(4-7-22)15-20-21-16(26-15)13-5-8-25-10-13/h5,8,10-12H,3-4,6-7,9H2,1-2H3,(H2,18,19,23,24). The molecule has 1 saturated heterocycles. The normalized spacial score (nSPS) is 16.0. The fourth-order valence-electron chi connectivity index (χ4n) is 2.91. The lowest BCUT2D eigenvalue weighted by Gasteiger charge is -2.29. The maximum absolute atomic E-state index is 11.9. The summed E-state index contributed by atoms with van der Waals surface area (Å²) in [5, 5.41) is 13.2. The summed E-state index contributed by atoms with van der Waals surface area (Å²) in [6, 6.07) is 1.30. The van der Waals surface area contributed by atoms with Crippen LogP contribution in [0.25, 0.3) is 11.5 Å². The maximum Gasteiger partial charge on any atom is 0.321 e. The highest BCUT2D eigenvalue weighted by Gasteiger charge is 2.26. The van der Waals surface area contributed by atoms with E-state index in [2.05, 4.69) is 20.8 Å². The molecular formula is C17H23N5O4. The third-order valence-corrected chi connectivity index (χ3v) is 4.19. The van der Waals surface area contributed by atoms with Crippen molar-refractivity contribution in [3.8, 4) is 11.5 Å². The van der Waals surface area contributed by atoms with Gasteiger partial charge in [-0.25, -0.2) is 4.79 Å². The van der Waals surface area contributed by atoms with Crippen molar-refractivity contribution >= 4 is 11.9 Å². The Morgan fingerprint density at radius 1 is 1.31 bits per heavy atom. The zero-order valence-corrected chi connectivity index (χ0v) is 14.9. The molecule has 0 atom stereocenters. The number of piperidine rings is 1. The quantitative estimate of drug-likeness (QED) is 0.834. The van der Waals surface area contributed by atoms with E-state index < -0.39 is 6.03 Å². The Morgan fingerprint density at radius 2 is 2.08 bits per heavy atom. The summed E-state index contributed by atoms with van der Waals surface area (Å²) in [6.45, 7) is 5.33. The molecule has 3 heterocycles. The number of hydrogen-bond donors (Lipinski definition) is 2. The molecule has 0 radical (unpaired) electrons. The average Bonchev–Trinajstić information content (AvgIpc) is 3.26. The van der Waals surface area contributed by atoms with E-state index in [9.17, 15) is 9.59 Å². The molecule has 2 N–H and O–H groups in total. The van der Waals surface area contributed by atoms with Crippen molar-refractivity contribution in [1.82, 2.24) is 25.7 Å². The van der Waals surface area contributed by atoms with Gasteiger partial charge in [0.15, 0.2) is 0 Å². The molecule has 1 fully saturated rings. The molecule has 140 valence electrons. The van der Waals surface area contributed by atoms with Gasteiger partial charge in [0.05, 0.1) is 18.4 Å². The molecule has 0 unspecified atom stereocenters. The smallest absolute Gasteiger partial charge is 0.321 e. The number of furan rings is 1. The van der Waals surface area contributed by atoms with E-state index in [1.165, 1.54) is 0 Å². The van der Waals surface area contributed by atoms with Crippen LogP contribution >= 0.6 is 0 Å². The van der Waals surface area contributed by atoms with Crippen LogP contribution in [-0.4, -0.2) is 52.7 Å². The first kappa shape index (κ1) is 18.1. The second kappa shape index (κ2) is 8.13. The Bertz CT molecular complexity index is 732. The van der Waals surface area contributed by atoms with Crippen LogP contribution in [0.1, 0.15) is 38.5 Å². The van der Waals surface area contributed by atoms with Crippen molar-refractivity contribution in [3.05, 3.63) is 24.5 Å². The number of nitrogens with one attached hydrogen (secondary N) is 2. The van der Waals surface area contributed by atoms with Crippen LogP contribution in [0.4, 0.5) is 4.79 Å². The van der Waals surface area contributed by atoms with Gasteiger partial charge in [-0.2, -0.15) is 0 Å². The van der Waals surface area contributed by atoms with Gasteiger partial charge in [0.25, 0.3) is 5.89 Å². The number of amides is 3. The van der Waals surface area contributed by atoms with Crippen LogP contribution in [0.2, 0.25) is 0 Å². The highest BCUT2D eigenvalue weighted by atomic mass is 16.4. The van der Waals surface area contributed by atoms with Gasteiger partial charge in [0, 0.05) is 12.0 Å². The zero-order valence-electron chi connectivity index (χ0n) is 14.9. The minimum atomic E-state index is -0.461. The summed E-state index contributed by atoms with van der Waals surface area (Å²) in [4.78, 5) is 25.5. The lowest BCUT2D eigenvalue weighted by Crippen LogP contribution is -2.47. The Balaban J connectivity index is 1.46. The van der Waals surface area contributed by atoms with Gasteiger partial charge in [-0.1, -0.05) is 0 Å². The predicted octanol–water partition coefficient (Wildman–Crippen LogP) is 1.74.